The molecule has 0 aromatic carbocycles. The van der Waals surface area contributed by atoms with Crippen LogP contribution in [-0.2, 0) is 20.7 Å². The fraction of sp³-hybridized carbons (Fsp3) is 0.696. The number of ether oxygens (including phenoxy) is 1. The predicted molar refractivity (Wildman–Crippen MR) is 103 cm³/mol. The van der Waals surface area contributed by atoms with Crippen LogP contribution in [0.25, 0.3) is 0 Å². The number of esters is 1. The Balaban J connectivity index is 1.33. The summed E-state index contributed by atoms with van der Waals surface area (Å²) in [6, 6.07) is 1.69. The highest BCUT2D eigenvalue weighted by atomic mass is 16.5. The summed E-state index contributed by atoms with van der Waals surface area (Å²) in [7, 11) is 0. The molecule has 0 saturated heterocycles. The molecule has 0 amide bonds. The van der Waals surface area contributed by atoms with Crippen LogP contribution in [0.15, 0.2) is 10.5 Å². The highest BCUT2D eigenvalue weighted by Gasteiger charge is 2.55. The summed E-state index contributed by atoms with van der Waals surface area (Å²) in [6.07, 6.45) is 6.63. The SMILES string of the molecule is CC(=O)c1cc(CCC(=O)O[C@H](C)C(=O)C23CC4CC(CC(C4)C2)C3)oc1C. The number of ketones is 2. The van der Waals surface area contributed by atoms with Gasteiger partial charge < -0.3 is 9.15 Å². The molecule has 0 unspecified atom stereocenters. The Hall–Kier alpha value is -1.91. The molecule has 0 spiro atoms. The van der Waals surface area contributed by atoms with Gasteiger partial charge in [-0.15, -0.1) is 0 Å². The van der Waals surface area contributed by atoms with Crippen molar-refractivity contribution in [2.24, 2.45) is 23.2 Å². The average molecular weight is 386 g/mol. The number of aryl methyl sites for hydroxylation is 2. The Morgan fingerprint density at radius 2 is 1.71 bits per heavy atom. The first-order valence-electron chi connectivity index (χ1n) is 10.6. The summed E-state index contributed by atoms with van der Waals surface area (Å²) < 4.78 is 11.1. The quantitative estimate of drug-likeness (QED) is 0.512. The van der Waals surface area contributed by atoms with Crippen LogP contribution in [0, 0.1) is 30.1 Å². The maximum Gasteiger partial charge on any atom is 0.306 e. The van der Waals surface area contributed by atoms with Crippen molar-refractivity contribution in [1.82, 2.24) is 0 Å². The first kappa shape index (κ1) is 19.4. The van der Waals surface area contributed by atoms with Gasteiger partial charge in [0.25, 0.3) is 0 Å². The number of hydrogen-bond donors (Lipinski definition) is 0. The lowest BCUT2D eigenvalue weighted by Crippen LogP contribution is -2.52. The summed E-state index contributed by atoms with van der Waals surface area (Å²) in [5.74, 6) is 2.93. The molecule has 5 rings (SSSR count). The van der Waals surface area contributed by atoms with Gasteiger partial charge in [0.15, 0.2) is 17.7 Å². The molecule has 1 aromatic heterocycles. The lowest BCUT2D eigenvalue weighted by Gasteiger charge is -2.56. The number of furan rings is 1. The molecule has 1 heterocycles. The number of carbonyl (C=O) groups excluding carboxylic acids is 3. The molecular formula is C23H30O5. The zero-order chi connectivity index (χ0) is 20.1. The van der Waals surface area contributed by atoms with Gasteiger partial charge in [0.2, 0.25) is 0 Å². The van der Waals surface area contributed by atoms with Crippen molar-refractivity contribution >= 4 is 17.5 Å². The van der Waals surface area contributed by atoms with Gasteiger partial charge in [0, 0.05) is 11.8 Å². The second-order valence-electron chi connectivity index (χ2n) is 9.43. The van der Waals surface area contributed by atoms with Crippen LogP contribution in [-0.4, -0.2) is 23.6 Å². The molecule has 4 bridgehead atoms. The molecule has 4 aliphatic carbocycles. The molecule has 4 aliphatic rings. The van der Waals surface area contributed by atoms with Crippen LogP contribution in [0.1, 0.15) is 80.7 Å². The van der Waals surface area contributed by atoms with E-state index in [9.17, 15) is 14.4 Å². The molecule has 0 N–H and O–H groups in total. The van der Waals surface area contributed by atoms with Crippen LogP contribution in [0.4, 0.5) is 0 Å². The first-order chi connectivity index (χ1) is 13.3. The largest absolute Gasteiger partial charge is 0.466 e. The minimum Gasteiger partial charge on any atom is -0.466 e. The molecule has 0 radical (unpaired) electrons. The lowest BCUT2D eigenvalue weighted by molar-refractivity contribution is -0.165. The maximum absolute atomic E-state index is 13.2. The van der Waals surface area contributed by atoms with Crippen molar-refractivity contribution in [2.75, 3.05) is 0 Å². The van der Waals surface area contributed by atoms with Crippen molar-refractivity contribution in [2.45, 2.75) is 78.2 Å². The fourth-order valence-electron chi connectivity index (χ4n) is 6.39. The molecule has 5 nitrogen and oxygen atoms in total. The van der Waals surface area contributed by atoms with E-state index in [2.05, 4.69) is 0 Å². The van der Waals surface area contributed by atoms with Gasteiger partial charge in [0.05, 0.1) is 12.0 Å². The second-order valence-corrected chi connectivity index (χ2v) is 9.43. The standard InChI is InChI=1S/C23H30O5/c1-13(24)20-9-19(27-14(20)2)4-5-21(25)28-15(3)22(26)23-10-16-6-17(11-23)8-18(7-16)12-23/h9,15-18H,4-8,10-12H2,1-3H3/t15-,16?,17?,18?,23?/m1/s1. The van der Waals surface area contributed by atoms with E-state index in [0.29, 0.717) is 41.3 Å². The van der Waals surface area contributed by atoms with E-state index in [0.717, 1.165) is 19.3 Å². The van der Waals surface area contributed by atoms with E-state index in [1.165, 1.54) is 26.2 Å². The van der Waals surface area contributed by atoms with Gasteiger partial charge in [-0.25, -0.2) is 0 Å². The first-order valence-corrected chi connectivity index (χ1v) is 10.6. The Bertz CT molecular complexity index is 767. The Labute approximate surface area is 166 Å². The summed E-state index contributed by atoms with van der Waals surface area (Å²) in [5, 5.41) is 0. The van der Waals surface area contributed by atoms with Crippen molar-refractivity contribution in [3.05, 3.63) is 23.2 Å². The highest BCUT2D eigenvalue weighted by Crippen LogP contribution is 2.60. The monoisotopic (exact) mass is 386 g/mol. The van der Waals surface area contributed by atoms with Gasteiger partial charge in [-0.05, 0) is 83.1 Å². The van der Waals surface area contributed by atoms with Crippen LogP contribution in [0.3, 0.4) is 0 Å². The summed E-state index contributed by atoms with van der Waals surface area (Å²) >= 11 is 0. The molecule has 152 valence electrons. The van der Waals surface area contributed by atoms with Crippen LogP contribution in [0.2, 0.25) is 0 Å². The maximum atomic E-state index is 13.2. The zero-order valence-electron chi connectivity index (χ0n) is 17.1. The molecule has 4 saturated carbocycles. The smallest absolute Gasteiger partial charge is 0.306 e. The third-order valence-electron chi connectivity index (χ3n) is 7.16. The van der Waals surface area contributed by atoms with Crippen LogP contribution in [0.5, 0.6) is 0 Å². The molecule has 28 heavy (non-hydrogen) atoms. The van der Waals surface area contributed by atoms with Gasteiger partial charge >= 0.3 is 5.97 Å². The van der Waals surface area contributed by atoms with Gasteiger partial charge in [-0.3, -0.25) is 14.4 Å². The van der Waals surface area contributed by atoms with Gasteiger partial charge in [-0.2, -0.15) is 0 Å². The van der Waals surface area contributed by atoms with Crippen LogP contribution < -0.4 is 0 Å². The van der Waals surface area contributed by atoms with Gasteiger partial charge in [0.1, 0.15) is 11.5 Å². The van der Waals surface area contributed by atoms with E-state index in [1.54, 1.807) is 19.9 Å². The van der Waals surface area contributed by atoms with E-state index in [4.69, 9.17) is 9.15 Å². The number of carbonyl (C=O) groups is 3. The molecule has 5 heteroatoms. The Morgan fingerprint density at radius 3 is 2.21 bits per heavy atom. The topological polar surface area (TPSA) is 73.6 Å². The van der Waals surface area contributed by atoms with E-state index < -0.39 is 6.10 Å². The van der Waals surface area contributed by atoms with Crippen molar-refractivity contribution < 1.29 is 23.5 Å². The van der Waals surface area contributed by atoms with E-state index in [-0.39, 0.29) is 29.4 Å². The summed E-state index contributed by atoms with van der Waals surface area (Å²) in [4.78, 5) is 37.0. The number of rotatable bonds is 7. The van der Waals surface area contributed by atoms with E-state index in [1.807, 2.05) is 0 Å². The van der Waals surface area contributed by atoms with Crippen molar-refractivity contribution in [1.29, 1.82) is 0 Å². The summed E-state index contributed by atoms with van der Waals surface area (Å²) in [5.41, 5.74) is 0.303. The third-order valence-corrected chi connectivity index (χ3v) is 7.16. The normalized spacial score (nSPS) is 31.6. The number of hydrogen-bond acceptors (Lipinski definition) is 5. The van der Waals surface area contributed by atoms with Gasteiger partial charge in [-0.1, -0.05) is 0 Å². The average Bonchev–Trinajstić information content (AvgIpc) is 2.99. The van der Waals surface area contributed by atoms with Crippen LogP contribution >= 0.6 is 0 Å². The summed E-state index contributed by atoms with van der Waals surface area (Å²) in [6.45, 7) is 4.96. The Morgan fingerprint density at radius 1 is 1.14 bits per heavy atom. The fourth-order valence-corrected chi connectivity index (χ4v) is 6.39. The number of Topliss-reactive ketones (excluding diaryl/α,β-unsaturated/α-hetero) is 2. The third kappa shape index (κ3) is 3.56. The second kappa shape index (κ2) is 7.16. The predicted octanol–water partition coefficient (Wildman–Crippen LogP) is 4.44. The molecule has 0 aliphatic heterocycles. The highest BCUT2D eigenvalue weighted by molar-refractivity contribution is 5.95. The molecule has 1 atom stereocenters. The minimum absolute atomic E-state index is 0.0510. The van der Waals surface area contributed by atoms with E-state index >= 15 is 0 Å². The van der Waals surface area contributed by atoms with Crippen molar-refractivity contribution in [3.63, 3.8) is 0 Å². The minimum atomic E-state index is -0.685. The Kier molecular flexibility index (Phi) is 4.96. The lowest BCUT2D eigenvalue weighted by atomic mass is 9.48. The zero-order valence-corrected chi connectivity index (χ0v) is 17.1. The molecule has 4 fully saturated rings. The van der Waals surface area contributed by atoms with Crippen molar-refractivity contribution in [3.8, 4) is 0 Å². The molecular weight excluding hydrogens is 356 g/mol. The molecule has 1 aromatic rings.